The minimum absolute atomic E-state index is 0.206. The van der Waals surface area contributed by atoms with Crippen molar-refractivity contribution in [2.24, 2.45) is 0 Å². The molecule has 7 rings (SSSR count). The number of carbonyl (C=O) groups is 4. The number of hydrogen-bond donors (Lipinski definition) is 1. The SMILES string of the molecule is CN(CCCNCCN1C(=O)c2cccc3cccc(c23)C1=O)CCN1C(=O)c2ccc3c4c(ccc(c24)C1=O)CCC3. The third-order valence-corrected chi connectivity index (χ3v) is 9.14. The fourth-order valence-electron chi connectivity index (χ4n) is 6.93. The second-order valence-electron chi connectivity index (χ2n) is 11.8. The van der Waals surface area contributed by atoms with Gasteiger partial charge in [0.15, 0.2) is 0 Å². The molecule has 1 N–H and O–H groups in total. The molecule has 2 heterocycles. The van der Waals surface area contributed by atoms with Crippen molar-refractivity contribution in [2.45, 2.75) is 25.7 Å². The van der Waals surface area contributed by atoms with E-state index >= 15 is 0 Å². The second kappa shape index (κ2) is 11.0. The van der Waals surface area contributed by atoms with E-state index in [1.807, 2.05) is 43.4 Å². The molecule has 2 aliphatic heterocycles. The highest BCUT2D eigenvalue weighted by atomic mass is 16.2. The molecule has 0 atom stereocenters. The van der Waals surface area contributed by atoms with Gasteiger partial charge >= 0.3 is 0 Å². The summed E-state index contributed by atoms with van der Waals surface area (Å²) in [4.78, 5) is 57.8. The molecule has 4 aromatic rings. The van der Waals surface area contributed by atoms with Crippen molar-refractivity contribution in [3.63, 3.8) is 0 Å². The minimum Gasteiger partial charge on any atom is -0.315 e. The summed E-state index contributed by atoms with van der Waals surface area (Å²) in [5, 5.41) is 6.94. The average molecular weight is 575 g/mol. The maximum atomic E-state index is 13.4. The first-order valence-corrected chi connectivity index (χ1v) is 15.1. The van der Waals surface area contributed by atoms with Crippen LogP contribution in [0.25, 0.3) is 21.5 Å². The van der Waals surface area contributed by atoms with Crippen molar-refractivity contribution in [1.82, 2.24) is 20.0 Å². The molecule has 0 unspecified atom stereocenters. The molecule has 8 heteroatoms. The Hall–Kier alpha value is -4.40. The summed E-state index contributed by atoms with van der Waals surface area (Å²) in [5.41, 5.74) is 4.89. The summed E-state index contributed by atoms with van der Waals surface area (Å²) in [6, 6.07) is 19.0. The van der Waals surface area contributed by atoms with E-state index in [0.717, 1.165) is 53.8 Å². The molecule has 0 radical (unpaired) electrons. The summed E-state index contributed by atoms with van der Waals surface area (Å²) in [5.74, 6) is -0.911. The molecule has 4 amide bonds. The lowest BCUT2D eigenvalue weighted by atomic mass is 9.83. The zero-order valence-corrected chi connectivity index (χ0v) is 24.3. The number of likely N-dealkylation sites (N-methyl/N-ethyl adjacent to an activating group) is 1. The molecule has 0 aromatic heterocycles. The van der Waals surface area contributed by atoms with Crippen LogP contribution in [0, 0.1) is 0 Å². The molecule has 3 aliphatic rings. The lowest BCUT2D eigenvalue weighted by Crippen LogP contribution is -2.44. The summed E-state index contributed by atoms with van der Waals surface area (Å²) >= 11 is 0. The number of rotatable bonds is 10. The summed E-state index contributed by atoms with van der Waals surface area (Å²) in [6.45, 7) is 3.21. The fraction of sp³-hybridized carbons (Fsp3) is 0.314. The van der Waals surface area contributed by atoms with E-state index in [1.165, 1.54) is 20.9 Å². The monoisotopic (exact) mass is 574 g/mol. The number of hydrogen-bond acceptors (Lipinski definition) is 6. The molecule has 0 saturated heterocycles. The van der Waals surface area contributed by atoms with Crippen molar-refractivity contribution < 1.29 is 19.2 Å². The normalized spacial score (nSPS) is 15.9. The van der Waals surface area contributed by atoms with Gasteiger partial charge in [-0.2, -0.15) is 0 Å². The van der Waals surface area contributed by atoms with Gasteiger partial charge in [0, 0.05) is 59.2 Å². The number of carbonyl (C=O) groups excluding carboxylic acids is 4. The number of imide groups is 2. The Bertz CT molecular complexity index is 1720. The van der Waals surface area contributed by atoms with Gasteiger partial charge in [-0.25, -0.2) is 0 Å². The third kappa shape index (κ3) is 4.62. The molecular formula is C35H34N4O4. The van der Waals surface area contributed by atoms with Crippen LogP contribution >= 0.6 is 0 Å². The first kappa shape index (κ1) is 27.4. The van der Waals surface area contributed by atoms with Gasteiger partial charge in [0.1, 0.15) is 0 Å². The van der Waals surface area contributed by atoms with Gasteiger partial charge in [-0.1, -0.05) is 36.4 Å². The Morgan fingerprint density at radius 3 is 1.79 bits per heavy atom. The number of aryl methyl sites for hydroxylation is 2. The van der Waals surface area contributed by atoms with Gasteiger partial charge in [0.25, 0.3) is 23.6 Å². The Labute approximate surface area is 250 Å². The highest BCUT2D eigenvalue weighted by molar-refractivity contribution is 6.27. The standard InChI is InChI=1S/C35H34N4O4/c1-37(18-5-16-36-17-19-38-32(40)25-10-3-8-22-9-4-11-26(30(22)25)33(38)41)20-21-39-34(42)27-14-12-23-6-2-7-24-13-15-28(35(39)43)31(27)29(23)24/h3-4,8-15,36H,2,5-7,16-21H2,1H3. The lowest BCUT2D eigenvalue weighted by molar-refractivity contribution is 0.0589. The first-order valence-electron chi connectivity index (χ1n) is 15.1. The minimum atomic E-state index is -0.249. The fourth-order valence-corrected chi connectivity index (χ4v) is 6.93. The zero-order valence-electron chi connectivity index (χ0n) is 24.3. The molecule has 0 saturated carbocycles. The lowest BCUT2D eigenvalue weighted by Gasteiger charge is -2.30. The third-order valence-electron chi connectivity index (χ3n) is 9.14. The van der Waals surface area contributed by atoms with Gasteiger partial charge in [0.05, 0.1) is 0 Å². The molecule has 0 fully saturated rings. The predicted molar refractivity (Wildman–Crippen MR) is 166 cm³/mol. The van der Waals surface area contributed by atoms with E-state index in [-0.39, 0.29) is 23.6 Å². The van der Waals surface area contributed by atoms with Crippen molar-refractivity contribution in [2.75, 3.05) is 46.3 Å². The van der Waals surface area contributed by atoms with E-state index in [0.29, 0.717) is 55.0 Å². The Morgan fingerprint density at radius 1 is 0.628 bits per heavy atom. The number of nitrogens with zero attached hydrogens (tertiary/aromatic N) is 3. The number of benzene rings is 4. The van der Waals surface area contributed by atoms with E-state index < -0.39 is 0 Å². The van der Waals surface area contributed by atoms with Gasteiger partial charge in [-0.05, 0) is 92.0 Å². The van der Waals surface area contributed by atoms with Crippen molar-refractivity contribution in [3.05, 3.63) is 94.0 Å². The summed E-state index contributed by atoms with van der Waals surface area (Å²) in [7, 11) is 1.99. The predicted octanol–water partition coefficient (Wildman–Crippen LogP) is 4.29. The second-order valence-corrected chi connectivity index (χ2v) is 11.8. The van der Waals surface area contributed by atoms with E-state index in [4.69, 9.17) is 0 Å². The van der Waals surface area contributed by atoms with Crippen molar-refractivity contribution in [1.29, 1.82) is 0 Å². The molecule has 218 valence electrons. The molecule has 0 bridgehead atoms. The van der Waals surface area contributed by atoms with Crippen LogP contribution in [-0.2, 0) is 12.8 Å². The van der Waals surface area contributed by atoms with Crippen LogP contribution in [0.15, 0.2) is 60.7 Å². The van der Waals surface area contributed by atoms with E-state index in [2.05, 4.69) is 22.3 Å². The van der Waals surface area contributed by atoms with Gasteiger partial charge in [-0.15, -0.1) is 0 Å². The molecule has 0 spiro atoms. The van der Waals surface area contributed by atoms with Crippen LogP contribution in [-0.4, -0.2) is 84.6 Å². The molecular weight excluding hydrogens is 540 g/mol. The quantitative estimate of drug-likeness (QED) is 0.225. The van der Waals surface area contributed by atoms with Crippen molar-refractivity contribution in [3.8, 4) is 0 Å². The van der Waals surface area contributed by atoms with Gasteiger partial charge in [0.2, 0.25) is 0 Å². The van der Waals surface area contributed by atoms with E-state index in [9.17, 15) is 19.2 Å². The van der Waals surface area contributed by atoms with Gasteiger partial charge < -0.3 is 10.2 Å². The van der Waals surface area contributed by atoms with Crippen LogP contribution in [0.1, 0.15) is 65.4 Å². The van der Waals surface area contributed by atoms with Crippen LogP contribution in [0.3, 0.4) is 0 Å². The van der Waals surface area contributed by atoms with Crippen LogP contribution in [0.2, 0.25) is 0 Å². The maximum absolute atomic E-state index is 13.4. The highest BCUT2D eigenvalue weighted by Gasteiger charge is 2.35. The van der Waals surface area contributed by atoms with Crippen LogP contribution in [0.4, 0.5) is 0 Å². The summed E-state index contributed by atoms with van der Waals surface area (Å²) < 4.78 is 0. The molecule has 43 heavy (non-hydrogen) atoms. The van der Waals surface area contributed by atoms with E-state index in [1.54, 1.807) is 12.1 Å². The van der Waals surface area contributed by atoms with Crippen LogP contribution < -0.4 is 5.32 Å². The van der Waals surface area contributed by atoms with Crippen LogP contribution in [0.5, 0.6) is 0 Å². The first-order chi connectivity index (χ1) is 20.9. The van der Waals surface area contributed by atoms with Gasteiger partial charge in [-0.3, -0.25) is 29.0 Å². The topological polar surface area (TPSA) is 90.0 Å². The number of nitrogens with one attached hydrogen (secondary N) is 1. The summed E-state index contributed by atoms with van der Waals surface area (Å²) in [6.07, 6.45) is 3.91. The Kier molecular flexibility index (Phi) is 7.03. The van der Waals surface area contributed by atoms with Crippen molar-refractivity contribution >= 4 is 45.2 Å². The average Bonchev–Trinajstić information content (AvgIpc) is 3.02. The zero-order chi connectivity index (χ0) is 29.7. The Morgan fingerprint density at radius 2 is 1.19 bits per heavy atom. The smallest absolute Gasteiger partial charge is 0.261 e. The highest BCUT2D eigenvalue weighted by Crippen LogP contribution is 2.37. The number of amides is 4. The largest absolute Gasteiger partial charge is 0.315 e. The Balaban J connectivity index is 0.892. The molecule has 4 aromatic carbocycles. The molecule has 8 nitrogen and oxygen atoms in total. The molecule has 1 aliphatic carbocycles. The maximum Gasteiger partial charge on any atom is 0.261 e.